The number of amides is 1. The van der Waals surface area contributed by atoms with Crippen LogP contribution >= 0.6 is 0 Å². The first-order chi connectivity index (χ1) is 8.22. The number of aliphatic hydroxyl groups excluding tert-OH is 1. The van der Waals surface area contributed by atoms with E-state index in [-0.39, 0.29) is 12.5 Å². The van der Waals surface area contributed by atoms with Gasteiger partial charge in [-0.25, -0.2) is 0 Å². The standard InChI is InChI=1S/C13H18N2O2/c1-11-4-2-5-12(10-11)14-7-3-6-13(17)15(14)8-9-16/h2,4-5,10,16H,3,6-9H2,1H3. The van der Waals surface area contributed by atoms with Gasteiger partial charge < -0.3 is 5.11 Å². The number of aryl methyl sites for hydroxylation is 1. The van der Waals surface area contributed by atoms with Gasteiger partial charge in [0.15, 0.2) is 0 Å². The molecule has 0 spiro atoms. The molecular formula is C13H18N2O2. The van der Waals surface area contributed by atoms with E-state index in [0.717, 1.165) is 18.7 Å². The molecule has 1 saturated heterocycles. The molecule has 0 aliphatic carbocycles. The molecule has 17 heavy (non-hydrogen) atoms. The molecule has 2 rings (SSSR count). The number of β-amino-alcohol motifs (C(OH)–C–C–N with tert-alkyl or cyclic N) is 1. The second kappa shape index (κ2) is 5.19. The minimum atomic E-state index is -0.00590. The third-order valence-electron chi connectivity index (χ3n) is 2.95. The molecule has 1 aliphatic heterocycles. The summed E-state index contributed by atoms with van der Waals surface area (Å²) in [5, 5.41) is 12.7. The number of anilines is 1. The van der Waals surface area contributed by atoms with Crippen molar-refractivity contribution in [3.63, 3.8) is 0 Å². The molecule has 1 N–H and O–H groups in total. The minimum absolute atomic E-state index is 0.00590. The van der Waals surface area contributed by atoms with Crippen LogP contribution in [0.3, 0.4) is 0 Å². The first-order valence-corrected chi connectivity index (χ1v) is 5.97. The van der Waals surface area contributed by atoms with E-state index >= 15 is 0 Å². The SMILES string of the molecule is Cc1cccc(N2CCCC(=O)N2CCO)c1. The zero-order valence-corrected chi connectivity index (χ0v) is 10.1. The topological polar surface area (TPSA) is 43.8 Å². The van der Waals surface area contributed by atoms with Gasteiger partial charge in [-0.3, -0.25) is 14.8 Å². The van der Waals surface area contributed by atoms with E-state index in [9.17, 15) is 4.79 Å². The largest absolute Gasteiger partial charge is 0.394 e. The summed E-state index contributed by atoms with van der Waals surface area (Å²) >= 11 is 0. The van der Waals surface area contributed by atoms with Crippen molar-refractivity contribution < 1.29 is 9.90 Å². The molecule has 4 nitrogen and oxygen atoms in total. The van der Waals surface area contributed by atoms with Gasteiger partial charge in [-0.2, -0.15) is 0 Å². The highest BCUT2D eigenvalue weighted by Gasteiger charge is 2.25. The first-order valence-electron chi connectivity index (χ1n) is 5.97. The smallest absolute Gasteiger partial charge is 0.241 e. The summed E-state index contributed by atoms with van der Waals surface area (Å²) in [6, 6.07) is 8.07. The maximum absolute atomic E-state index is 11.8. The fourth-order valence-electron chi connectivity index (χ4n) is 2.16. The summed E-state index contributed by atoms with van der Waals surface area (Å²) in [5.74, 6) is 0.0896. The Morgan fingerprint density at radius 3 is 2.94 bits per heavy atom. The maximum atomic E-state index is 11.8. The maximum Gasteiger partial charge on any atom is 0.241 e. The van der Waals surface area contributed by atoms with Gasteiger partial charge in [0.2, 0.25) is 5.91 Å². The Balaban J connectivity index is 2.24. The van der Waals surface area contributed by atoms with Crippen molar-refractivity contribution in [1.82, 2.24) is 5.01 Å². The second-order valence-electron chi connectivity index (χ2n) is 4.31. The van der Waals surface area contributed by atoms with E-state index < -0.39 is 0 Å². The molecule has 1 aromatic rings. The van der Waals surface area contributed by atoms with Crippen LogP contribution in [0.25, 0.3) is 0 Å². The normalized spacial score (nSPS) is 16.5. The number of benzene rings is 1. The van der Waals surface area contributed by atoms with Gasteiger partial charge in [0, 0.05) is 13.0 Å². The van der Waals surface area contributed by atoms with Crippen LogP contribution in [-0.2, 0) is 4.79 Å². The van der Waals surface area contributed by atoms with Crippen molar-refractivity contribution in [3.05, 3.63) is 29.8 Å². The van der Waals surface area contributed by atoms with E-state index in [1.165, 1.54) is 5.56 Å². The number of hydrogen-bond acceptors (Lipinski definition) is 3. The fourth-order valence-corrected chi connectivity index (χ4v) is 2.16. The van der Waals surface area contributed by atoms with Crippen LogP contribution in [0.4, 0.5) is 5.69 Å². The summed E-state index contributed by atoms with van der Waals surface area (Å²) in [7, 11) is 0. The Morgan fingerprint density at radius 1 is 1.41 bits per heavy atom. The predicted molar refractivity (Wildman–Crippen MR) is 66.6 cm³/mol. The number of hydrogen-bond donors (Lipinski definition) is 1. The Labute approximate surface area is 101 Å². The van der Waals surface area contributed by atoms with Gasteiger partial charge in [-0.1, -0.05) is 12.1 Å². The van der Waals surface area contributed by atoms with Crippen molar-refractivity contribution in [1.29, 1.82) is 0 Å². The molecule has 1 heterocycles. The van der Waals surface area contributed by atoms with E-state index in [0.29, 0.717) is 13.0 Å². The predicted octanol–water partition coefficient (Wildman–Crippen LogP) is 1.33. The number of hydrazine groups is 1. The van der Waals surface area contributed by atoms with Crippen LogP contribution < -0.4 is 5.01 Å². The second-order valence-corrected chi connectivity index (χ2v) is 4.31. The first kappa shape index (κ1) is 11.9. The molecule has 0 atom stereocenters. The van der Waals surface area contributed by atoms with Crippen LogP contribution in [0.15, 0.2) is 24.3 Å². The Hall–Kier alpha value is -1.55. The number of carbonyl (C=O) groups is 1. The number of carbonyl (C=O) groups excluding carboxylic acids is 1. The quantitative estimate of drug-likeness (QED) is 0.858. The molecule has 1 aliphatic rings. The molecule has 0 bridgehead atoms. The summed E-state index contributed by atoms with van der Waals surface area (Å²) in [4.78, 5) is 11.8. The molecule has 0 aromatic heterocycles. The lowest BCUT2D eigenvalue weighted by Crippen LogP contribution is -2.51. The van der Waals surface area contributed by atoms with Crippen molar-refractivity contribution in [2.75, 3.05) is 24.7 Å². The van der Waals surface area contributed by atoms with Crippen molar-refractivity contribution in [2.45, 2.75) is 19.8 Å². The van der Waals surface area contributed by atoms with E-state index in [2.05, 4.69) is 6.07 Å². The van der Waals surface area contributed by atoms with Crippen LogP contribution in [0.2, 0.25) is 0 Å². The Kier molecular flexibility index (Phi) is 3.64. The van der Waals surface area contributed by atoms with E-state index in [1.807, 2.05) is 30.1 Å². The van der Waals surface area contributed by atoms with Crippen LogP contribution in [-0.4, -0.2) is 35.7 Å². The highest BCUT2D eigenvalue weighted by atomic mass is 16.3. The van der Waals surface area contributed by atoms with Crippen molar-refractivity contribution in [3.8, 4) is 0 Å². The van der Waals surface area contributed by atoms with E-state index in [1.54, 1.807) is 5.01 Å². The Morgan fingerprint density at radius 2 is 2.24 bits per heavy atom. The zero-order valence-electron chi connectivity index (χ0n) is 10.1. The highest BCUT2D eigenvalue weighted by Crippen LogP contribution is 2.22. The van der Waals surface area contributed by atoms with Crippen molar-refractivity contribution >= 4 is 11.6 Å². The van der Waals surface area contributed by atoms with Gasteiger partial charge in [0.25, 0.3) is 0 Å². The van der Waals surface area contributed by atoms with Crippen LogP contribution in [0, 0.1) is 6.92 Å². The summed E-state index contributed by atoms with van der Waals surface area (Å²) in [5.41, 5.74) is 2.19. The average Bonchev–Trinajstić information content (AvgIpc) is 2.32. The minimum Gasteiger partial charge on any atom is -0.394 e. The fraction of sp³-hybridized carbons (Fsp3) is 0.462. The third-order valence-corrected chi connectivity index (χ3v) is 2.95. The molecule has 4 heteroatoms. The van der Waals surface area contributed by atoms with Gasteiger partial charge >= 0.3 is 0 Å². The summed E-state index contributed by atoms with van der Waals surface area (Å²) in [6.07, 6.45) is 1.44. The molecule has 0 unspecified atom stereocenters. The Bertz CT molecular complexity index is 406. The summed E-state index contributed by atoms with van der Waals surface area (Å²) < 4.78 is 0. The molecule has 1 amide bonds. The molecule has 0 radical (unpaired) electrons. The zero-order chi connectivity index (χ0) is 12.3. The number of rotatable bonds is 3. The third kappa shape index (κ3) is 2.58. The lowest BCUT2D eigenvalue weighted by Gasteiger charge is -2.39. The van der Waals surface area contributed by atoms with Gasteiger partial charge in [0.1, 0.15) is 0 Å². The molecule has 1 fully saturated rings. The van der Waals surface area contributed by atoms with Crippen molar-refractivity contribution in [2.24, 2.45) is 0 Å². The molecule has 1 aromatic carbocycles. The van der Waals surface area contributed by atoms with Gasteiger partial charge in [-0.05, 0) is 31.0 Å². The lowest BCUT2D eigenvalue weighted by molar-refractivity contribution is -0.134. The number of aliphatic hydroxyl groups is 1. The lowest BCUT2D eigenvalue weighted by atomic mass is 10.2. The van der Waals surface area contributed by atoms with Gasteiger partial charge in [0.05, 0.1) is 18.8 Å². The number of nitrogens with zero attached hydrogens (tertiary/aromatic N) is 2. The monoisotopic (exact) mass is 234 g/mol. The van der Waals surface area contributed by atoms with Crippen LogP contribution in [0.5, 0.6) is 0 Å². The van der Waals surface area contributed by atoms with E-state index in [4.69, 9.17) is 5.11 Å². The molecule has 0 saturated carbocycles. The average molecular weight is 234 g/mol. The molecular weight excluding hydrogens is 216 g/mol. The van der Waals surface area contributed by atoms with Crippen LogP contribution in [0.1, 0.15) is 18.4 Å². The highest BCUT2D eigenvalue weighted by molar-refractivity contribution is 5.79. The summed E-state index contributed by atoms with van der Waals surface area (Å²) in [6.45, 7) is 3.22. The molecule has 92 valence electrons. The van der Waals surface area contributed by atoms with Gasteiger partial charge in [-0.15, -0.1) is 0 Å².